The Bertz CT molecular complexity index is 531. The van der Waals surface area contributed by atoms with Crippen LogP contribution in [0.2, 0.25) is 5.02 Å². The van der Waals surface area contributed by atoms with Crippen LogP contribution in [0.3, 0.4) is 0 Å². The zero-order valence-electron chi connectivity index (χ0n) is 15.9. The predicted octanol–water partition coefficient (Wildman–Crippen LogP) is 1.89. The van der Waals surface area contributed by atoms with Crippen LogP contribution < -0.4 is 4.74 Å². The lowest BCUT2D eigenvalue weighted by atomic mass is 10.2. The number of aliphatic hydroxyl groups excluding tert-OH is 1. The Balaban J connectivity index is 1.23. The van der Waals surface area contributed by atoms with E-state index in [0.29, 0.717) is 26.4 Å². The fourth-order valence-electron chi connectivity index (χ4n) is 3.48. The van der Waals surface area contributed by atoms with Crippen molar-refractivity contribution in [3.05, 3.63) is 29.3 Å². The number of β-amino-alcohol motifs (C(OH)–C–C–N with tert-alkyl or cyclic N) is 1. The Kier molecular flexibility index (Phi) is 8.64. The maximum atomic E-state index is 10.2. The first-order valence-electron chi connectivity index (χ1n) is 9.89. The summed E-state index contributed by atoms with van der Waals surface area (Å²) >= 11 is 5.88. The van der Waals surface area contributed by atoms with Gasteiger partial charge < -0.3 is 19.3 Å². The number of benzene rings is 1. The summed E-state index contributed by atoms with van der Waals surface area (Å²) in [4.78, 5) is 4.70. The lowest BCUT2D eigenvalue weighted by Crippen LogP contribution is -2.49. The number of nitrogens with zero attached hydrogens (tertiary/aromatic N) is 2. The van der Waals surface area contributed by atoms with Crippen molar-refractivity contribution >= 4 is 11.6 Å². The molecule has 2 aliphatic rings. The number of halogens is 1. The maximum absolute atomic E-state index is 10.2. The quantitative estimate of drug-likeness (QED) is 0.649. The standard InChI is InChI=1S/C20H31ClN2O4/c21-17-3-5-19(6-4-17)27-13-11-22-7-9-23(10-8-22)14-18(24)15-25-16-20-2-1-12-26-20/h3-6,18,20,24H,1-2,7-16H2. The minimum Gasteiger partial charge on any atom is -0.492 e. The van der Waals surface area contributed by atoms with E-state index in [0.717, 1.165) is 62.9 Å². The van der Waals surface area contributed by atoms with E-state index in [-0.39, 0.29) is 6.10 Å². The second-order valence-electron chi connectivity index (χ2n) is 7.27. The number of piperazine rings is 1. The average Bonchev–Trinajstić information content (AvgIpc) is 3.18. The molecule has 0 aromatic heterocycles. The molecule has 1 aromatic carbocycles. The Morgan fingerprint density at radius 1 is 1.15 bits per heavy atom. The van der Waals surface area contributed by atoms with Crippen molar-refractivity contribution in [2.45, 2.75) is 25.0 Å². The molecule has 2 heterocycles. The van der Waals surface area contributed by atoms with E-state index in [1.165, 1.54) is 0 Å². The molecule has 7 heteroatoms. The minimum absolute atomic E-state index is 0.218. The van der Waals surface area contributed by atoms with Crippen LogP contribution >= 0.6 is 11.6 Å². The second kappa shape index (κ2) is 11.2. The SMILES string of the molecule is OC(COCC1CCCO1)CN1CCN(CCOc2ccc(Cl)cc2)CC1. The molecule has 2 saturated heterocycles. The van der Waals surface area contributed by atoms with Crippen LogP contribution in [0.4, 0.5) is 0 Å². The smallest absolute Gasteiger partial charge is 0.119 e. The average molecular weight is 399 g/mol. The summed E-state index contributed by atoms with van der Waals surface area (Å²) in [6, 6.07) is 7.46. The van der Waals surface area contributed by atoms with Gasteiger partial charge in [-0.1, -0.05) is 11.6 Å². The molecule has 0 spiro atoms. The first kappa shape index (κ1) is 20.8. The van der Waals surface area contributed by atoms with Gasteiger partial charge in [0.25, 0.3) is 0 Å². The van der Waals surface area contributed by atoms with Gasteiger partial charge in [0.05, 0.1) is 25.4 Å². The molecule has 2 fully saturated rings. The summed E-state index contributed by atoms with van der Waals surface area (Å²) in [6.07, 6.45) is 1.97. The van der Waals surface area contributed by atoms with Crippen molar-refractivity contribution in [1.29, 1.82) is 0 Å². The summed E-state index contributed by atoms with van der Waals surface area (Å²) in [7, 11) is 0. The van der Waals surface area contributed by atoms with Crippen LogP contribution in [0.1, 0.15) is 12.8 Å². The number of rotatable bonds is 10. The largest absolute Gasteiger partial charge is 0.492 e. The Hall–Kier alpha value is -0.890. The summed E-state index contributed by atoms with van der Waals surface area (Å²) in [5.41, 5.74) is 0. The van der Waals surface area contributed by atoms with Crippen molar-refractivity contribution in [3.8, 4) is 5.75 Å². The van der Waals surface area contributed by atoms with Gasteiger partial charge in [0.1, 0.15) is 12.4 Å². The molecule has 2 atom stereocenters. The van der Waals surface area contributed by atoms with Crippen LogP contribution in [-0.2, 0) is 9.47 Å². The Morgan fingerprint density at radius 3 is 2.59 bits per heavy atom. The highest BCUT2D eigenvalue weighted by Crippen LogP contribution is 2.15. The first-order valence-corrected chi connectivity index (χ1v) is 10.3. The van der Waals surface area contributed by atoms with Crippen LogP contribution in [0.5, 0.6) is 5.75 Å². The molecule has 0 saturated carbocycles. The van der Waals surface area contributed by atoms with Gasteiger partial charge in [-0.2, -0.15) is 0 Å². The molecule has 0 amide bonds. The highest BCUT2D eigenvalue weighted by atomic mass is 35.5. The molecule has 2 unspecified atom stereocenters. The van der Waals surface area contributed by atoms with E-state index in [1.807, 2.05) is 24.3 Å². The van der Waals surface area contributed by atoms with E-state index >= 15 is 0 Å². The molecule has 1 N–H and O–H groups in total. The van der Waals surface area contributed by atoms with Crippen LogP contribution in [-0.4, -0.2) is 92.8 Å². The van der Waals surface area contributed by atoms with Gasteiger partial charge >= 0.3 is 0 Å². The fraction of sp³-hybridized carbons (Fsp3) is 0.700. The molecule has 2 aliphatic heterocycles. The normalized spacial score (nSPS) is 22.8. The topological polar surface area (TPSA) is 54.4 Å². The predicted molar refractivity (Wildman–Crippen MR) is 106 cm³/mol. The van der Waals surface area contributed by atoms with Gasteiger partial charge in [-0.25, -0.2) is 0 Å². The van der Waals surface area contributed by atoms with E-state index < -0.39 is 6.10 Å². The molecular weight excluding hydrogens is 368 g/mol. The van der Waals surface area contributed by atoms with Crippen molar-refractivity contribution in [2.75, 3.05) is 65.7 Å². The summed E-state index contributed by atoms with van der Waals surface area (Å²) in [5, 5.41) is 10.9. The van der Waals surface area contributed by atoms with Crippen molar-refractivity contribution in [1.82, 2.24) is 9.80 Å². The fourth-order valence-corrected chi connectivity index (χ4v) is 3.61. The second-order valence-corrected chi connectivity index (χ2v) is 7.71. The van der Waals surface area contributed by atoms with Crippen molar-refractivity contribution in [3.63, 3.8) is 0 Å². The molecule has 152 valence electrons. The number of hydrogen-bond donors (Lipinski definition) is 1. The molecule has 27 heavy (non-hydrogen) atoms. The van der Waals surface area contributed by atoms with E-state index in [1.54, 1.807) is 0 Å². The number of hydrogen-bond acceptors (Lipinski definition) is 6. The van der Waals surface area contributed by atoms with Crippen molar-refractivity contribution < 1.29 is 19.3 Å². The Labute approximate surface area is 166 Å². The zero-order valence-corrected chi connectivity index (χ0v) is 16.6. The van der Waals surface area contributed by atoms with Crippen LogP contribution in [0.15, 0.2) is 24.3 Å². The lowest BCUT2D eigenvalue weighted by molar-refractivity contribution is -0.0287. The van der Waals surface area contributed by atoms with E-state index in [9.17, 15) is 5.11 Å². The summed E-state index contributed by atoms with van der Waals surface area (Å²) in [6.45, 7) is 7.97. The van der Waals surface area contributed by atoms with Crippen LogP contribution in [0.25, 0.3) is 0 Å². The molecule has 3 rings (SSSR count). The third-order valence-electron chi connectivity index (χ3n) is 5.06. The van der Waals surface area contributed by atoms with Crippen molar-refractivity contribution in [2.24, 2.45) is 0 Å². The highest BCUT2D eigenvalue weighted by molar-refractivity contribution is 6.30. The number of aliphatic hydroxyl groups is 1. The summed E-state index contributed by atoms with van der Waals surface area (Å²) < 4.78 is 16.9. The van der Waals surface area contributed by atoms with Gasteiger partial charge in [0.2, 0.25) is 0 Å². The first-order chi connectivity index (χ1) is 13.2. The molecule has 0 bridgehead atoms. The minimum atomic E-state index is -0.439. The molecule has 1 aromatic rings. The Morgan fingerprint density at radius 2 is 1.89 bits per heavy atom. The third-order valence-corrected chi connectivity index (χ3v) is 5.31. The van der Waals surface area contributed by atoms with Gasteiger partial charge in [0, 0.05) is 50.9 Å². The monoisotopic (exact) mass is 398 g/mol. The highest BCUT2D eigenvalue weighted by Gasteiger charge is 2.20. The maximum Gasteiger partial charge on any atom is 0.119 e. The van der Waals surface area contributed by atoms with Gasteiger partial charge in [-0.05, 0) is 37.1 Å². The van der Waals surface area contributed by atoms with Gasteiger partial charge in [-0.3, -0.25) is 9.80 Å². The van der Waals surface area contributed by atoms with Gasteiger partial charge in [-0.15, -0.1) is 0 Å². The number of ether oxygens (including phenoxy) is 3. The van der Waals surface area contributed by atoms with E-state index in [2.05, 4.69) is 9.80 Å². The molecular formula is C20H31ClN2O4. The van der Waals surface area contributed by atoms with Crippen LogP contribution in [0, 0.1) is 0 Å². The lowest BCUT2D eigenvalue weighted by Gasteiger charge is -2.35. The molecule has 6 nitrogen and oxygen atoms in total. The zero-order chi connectivity index (χ0) is 18.9. The third kappa shape index (κ3) is 7.56. The van der Waals surface area contributed by atoms with Gasteiger partial charge in [0.15, 0.2) is 0 Å². The molecule has 0 aliphatic carbocycles. The summed E-state index contributed by atoms with van der Waals surface area (Å²) in [5.74, 6) is 0.851. The molecule has 0 radical (unpaired) electrons. The van der Waals surface area contributed by atoms with E-state index in [4.69, 9.17) is 25.8 Å².